The van der Waals surface area contributed by atoms with Crippen LogP contribution in [0.5, 0.6) is 11.6 Å². The molecule has 0 bridgehead atoms. The zero-order chi connectivity index (χ0) is 27.5. The lowest BCUT2D eigenvalue weighted by atomic mass is 9.92. The van der Waals surface area contributed by atoms with Crippen molar-refractivity contribution in [3.8, 4) is 11.6 Å². The van der Waals surface area contributed by atoms with Crippen LogP contribution in [0.1, 0.15) is 34.7 Å². The van der Waals surface area contributed by atoms with Crippen LogP contribution in [0.3, 0.4) is 0 Å². The lowest BCUT2D eigenvalue weighted by molar-refractivity contribution is -0.118. The maximum absolute atomic E-state index is 15.2. The van der Waals surface area contributed by atoms with Crippen LogP contribution in [0, 0.1) is 11.6 Å². The minimum atomic E-state index is -1.30. The summed E-state index contributed by atoms with van der Waals surface area (Å²) < 4.78 is 46.9. The number of ether oxygens (including phenoxy) is 3. The molecule has 2 aromatic carbocycles. The highest BCUT2D eigenvalue weighted by Crippen LogP contribution is 2.39. The van der Waals surface area contributed by atoms with Crippen molar-refractivity contribution in [1.29, 1.82) is 0 Å². The third-order valence-corrected chi connectivity index (χ3v) is 7.01. The van der Waals surface area contributed by atoms with E-state index in [1.54, 1.807) is 0 Å². The van der Waals surface area contributed by atoms with Crippen molar-refractivity contribution in [1.82, 2.24) is 15.3 Å². The summed E-state index contributed by atoms with van der Waals surface area (Å²) in [5, 5.41) is 3.09. The summed E-state index contributed by atoms with van der Waals surface area (Å²) in [6.45, 7) is 0.900. The first-order valence-electron chi connectivity index (χ1n) is 12.3. The normalized spacial score (nSPS) is 19.7. The van der Waals surface area contributed by atoms with E-state index < -0.39 is 35.4 Å². The summed E-state index contributed by atoms with van der Waals surface area (Å²) in [5.74, 6) is -3.95. The lowest BCUT2D eigenvalue weighted by Gasteiger charge is -2.25. The molecule has 5 rings (SSSR count). The number of nitrogens with zero attached hydrogens (tertiary/aromatic N) is 3. The summed E-state index contributed by atoms with van der Waals surface area (Å²) in [6, 6.07) is 6.81. The van der Waals surface area contributed by atoms with Gasteiger partial charge in [0, 0.05) is 53.6 Å². The van der Waals surface area contributed by atoms with Gasteiger partial charge in [-0.2, -0.15) is 4.98 Å². The summed E-state index contributed by atoms with van der Waals surface area (Å²) in [6.07, 6.45) is 3.79. The van der Waals surface area contributed by atoms with E-state index in [1.807, 2.05) is 0 Å². The van der Waals surface area contributed by atoms with Gasteiger partial charge in [-0.3, -0.25) is 9.59 Å². The Balaban J connectivity index is 1.51. The van der Waals surface area contributed by atoms with Gasteiger partial charge in [0.25, 0.3) is 5.91 Å². The van der Waals surface area contributed by atoms with E-state index in [0.717, 1.165) is 12.1 Å². The minimum Gasteiger partial charge on any atom is -0.497 e. The van der Waals surface area contributed by atoms with E-state index in [4.69, 9.17) is 25.8 Å². The third-order valence-electron chi connectivity index (χ3n) is 6.76. The highest BCUT2D eigenvalue weighted by Gasteiger charge is 2.46. The Labute approximate surface area is 228 Å². The molecule has 1 N–H and O–H groups in total. The van der Waals surface area contributed by atoms with E-state index in [2.05, 4.69) is 15.3 Å². The molecule has 2 fully saturated rings. The maximum Gasteiger partial charge on any atom is 0.251 e. The number of anilines is 1. The number of methoxy groups -OCH3 is 1. The molecule has 9 nitrogen and oxygen atoms in total. The maximum atomic E-state index is 15.2. The molecule has 2 aliphatic rings. The van der Waals surface area contributed by atoms with Crippen molar-refractivity contribution >= 4 is 29.1 Å². The van der Waals surface area contributed by atoms with Crippen LogP contribution in [0.2, 0.25) is 5.02 Å². The Bertz CT molecular complexity index is 1350. The topological polar surface area (TPSA) is 103 Å². The van der Waals surface area contributed by atoms with E-state index in [0.29, 0.717) is 31.1 Å². The molecule has 39 heavy (non-hydrogen) atoms. The highest BCUT2D eigenvalue weighted by atomic mass is 35.5. The van der Waals surface area contributed by atoms with Crippen molar-refractivity contribution in [2.24, 2.45) is 0 Å². The predicted octanol–water partition coefficient (Wildman–Crippen LogP) is 3.90. The van der Waals surface area contributed by atoms with Crippen molar-refractivity contribution in [2.75, 3.05) is 31.8 Å². The second kappa shape index (κ2) is 11.5. The number of benzene rings is 2. The molecule has 1 unspecified atom stereocenters. The molecule has 0 saturated carbocycles. The number of carbonyl (C=O) groups is 2. The van der Waals surface area contributed by atoms with Gasteiger partial charge >= 0.3 is 0 Å². The van der Waals surface area contributed by atoms with Crippen molar-refractivity contribution in [3.63, 3.8) is 0 Å². The molecule has 2 aliphatic heterocycles. The number of hydrogen-bond acceptors (Lipinski definition) is 7. The highest BCUT2D eigenvalue weighted by molar-refractivity contribution is 6.30. The van der Waals surface area contributed by atoms with Gasteiger partial charge in [-0.05, 0) is 24.3 Å². The number of nitrogens with one attached hydrogen (secondary N) is 1. The van der Waals surface area contributed by atoms with Gasteiger partial charge in [0.2, 0.25) is 11.8 Å². The van der Waals surface area contributed by atoms with Gasteiger partial charge in [0.1, 0.15) is 41.5 Å². The first-order valence-corrected chi connectivity index (χ1v) is 12.7. The minimum absolute atomic E-state index is 0.0136. The molecule has 0 aliphatic carbocycles. The van der Waals surface area contributed by atoms with Crippen LogP contribution in [-0.4, -0.2) is 60.8 Å². The van der Waals surface area contributed by atoms with Crippen LogP contribution in [0.15, 0.2) is 48.9 Å². The Kier molecular flexibility index (Phi) is 7.89. The van der Waals surface area contributed by atoms with Gasteiger partial charge in [0.15, 0.2) is 0 Å². The standard InChI is InChI=1S/C27H25ClF2N4O5/c1-37-18-10-20(29)23(21(30)11-18)19-13-34(22-12-31-14-32-26(22)39-17-6-8-38-9-7-17)27(36)24(19)33-25(35)15-2-4-16(28)5-3-15/h2-5,10-12,14,17,19,24H,6-9,13H2,1H3,(H,33,35)/t19-,24?/m0/s1. The molecule has 3 heterocycles. The third kappa shape index (κ3) is 5.64. The molecule has 3 aromatic rings. The number of rotatable bonds is 7. The van der Waals surface area contributed by atoms with Gasteiger partial charge in [-0.1, -0.05) is 11.6 Å². The number of halogens is 3. The monoisotopic (exact) mass is 558 g/mol. The molecular formula is C27H25ClF2N4O5. The van der Waals surface area contributed by atoms with E-state index in [9.17, 15) is 9.59 Å². The average Bonchev–Trinajstić information content (AvgIpc) is 3.24. The summed E-state index contributed by atoms with van der Waals surface area (Å²) in [7, 11) is 1.29. The van der Waals surface area contributed by atoms with Gasteiger partial charge in [0.05, 0.1) is 26.5 Å². The predicted molar refractivity (Wildman–Crippen MR) is 137 cm³/mol. The van der Waals surface area contributed by atoms with Crippen molar-refractivity contribution in [2.45, 2.75) is 30.9 Å². The van der Waals surface area contributed by atoms with E-state index in [1.165, 1.54) is 48.8 Å². The largest absolute Gasteiger partial charge is 0.497 e. The van der Waals surface area contributed by atoms with Crippen LogP contribution < -0.4 is 19.7 Å². The molecule has 2 atom stereocenters. The van der Waals surface area contributed by atoms with Gasteiger partial charge < -0.3 is 24.4 Å². The van der Waals surface area contributed by atoms with Crippen LogP contribution in [0.4, 0.5) is 14.5 Å². The zero-order valence-corrected chi connectivity index (χ0v) is 21.7. The second-order valence-electron chi connectivity index (χ2n) is 9.16. The van der Waals surface area contributed by atoms with Crippen molar-refractivity contribution < 1.29 is 32.6 Å². The average molecular weight is 559 g/mol. The summed E-state index contributed by atoms with van der Waals surface area (Å²) >= 11 is 5.93. The quantitative estimate of drug-likeness (QED) is 0.469. The molecule has 2 saturated heterocycles. The fourth-order valence-electron chi connectivity index (χ4n) is 4.77. The first-order chi connectivity index (χ1) is 18.9. The van der Waals surface area contributed by atoms with Crippen LogP contribution in [0.25, 0.3) is 0 Å². The summed E-state index contributed by atoms with van der Waals surface area (Å²) in [4.78, 5) is 36.4. The lowest BCUT2D eigenvalue weighted by Crippen LogP contribution is -2.44. The molecule has 1 aromatic heterocycles. The number of aromatic nitrogens is 2. The number of amides is 2. The Morgan fingerprint density at radius 2 is 1.85 bits per heavy atom. The molecule has 0 spiro atoms. The molecule has 12 heteroatoms. The Morgan fingerprint density at radius 1 is 1.15 bits per heavy atom. The fraction of sp³-hybridized carbons (Fsp3) is 0.333. The van der Waals surface area contributed by atoms with Crippen LogP contribution >= 0.6 is 11.6 Å². The number of carbonyl (C=O) groups excluding carboxylic acids is 2. The van der Waals surface area contributed by atoms with Gasteiger partial charge in [-0.15, -0.1) is 0 Å². The smallest absolute Gasteiger partial charge is 0.251 e. The fourth-order valence-corrected chi connectivity index (χ4v) is 4.89. The SMILES string of the molecule is COc1cc(F)c([C@@H]2CN(c3cncnc3OC3CCOCC3)C(=O)C2NC(=O)c2ccc(Cl)cc2)c(F)c1. The van der Waals surface area contributed by atoms with Crippen molar-refractivity contribution in [3.05, 3.63) is 76.7 Å². The Hall–Kier alpha value is -3.83. The molecule has 0 radical (unpaired) electrons. The molecule has 204 valence electrons. The summed E-state index contributed by atoms with van der Waals surface area (Å²) in [5.41, 5.74) is 0.111. The molecule has 2 amide bonds. The van der Waals surface area contributed by atoms with E-state index in [-0.39, 0.29) is 41.1 Å². The van der Waals surface area contributed by atoms with E-state index >= 15 is 8.78 Å². The first kappa shape index (κ1) is 26.8. The van der Waals surface area contributed by atoms with Crippen LogP contribution in [-0.2, 0) is 9.53 Å². The zero-order valence-electron chi connectivity index (χ0n) is 20.9. The van der Waals surface area contributed by atoms with Gasteiger partial charge in [-0.25, -0.2) is 13.8 Å². The molecular weight excluding hydrogens is 534 g/mol. The number of hydrogen-bond donors (Lipinski definition) is 1. The Morgan fingerprint density at radius 3 is 2.51 bits per heavy atom. The second-order valence-corrected chi connectivity index (χ2v) is 9.60.